The third-order valence-corrected chi connectivity index (χ3v) is 1.80. The summed E-state index contributed by atoms with van der Waals surface area (Å²) in [6, 6.07) is 1.92. The number of carbonyl (C=O) groups is 1. The predicted molar refractivity (Wildman–Crippen MR) is 46.4 cm³/mol. The molecular formula is C9H12N2O2. The van der Waals surface area contributed by atoms with Gasteiger partial charge in [0.1, 0.15) is 0 Å². The van der Waals surface area contributed by atoms with Crippen molar-refractivity contribution in [2.45, 2.75) is 13.3 Å². The lowest BCUT2D eigenvalue weighted by molar-refractivity contribution is -0.144. The van der Waals surface area contributed by atoms with Crippen LogP contribution in [-0.4, -0.2) is 19.1 Å². The van der Waals surface area contributed by atoms with E-state index in [0.29, 0.717) is 12.3 Å². The van der Waals surface area contributed by atoms with Gasteiger partial charge in [-0.05, 0) is 13.3 Å². The first-order chi connectivity index (χ1) is 6.29. The highest BCUT2D eigenvalue weighted by atomic mass is 16.5. The van der Waals surface area contributed by atoms with Crippen molar-refractivity contribution < 1.29 is 9.53 Å². The molecule has 0 saturated carbocycles. The Hall–Kier alpha value is -1.50. The lowest BCUT2D eigenvalue weighted by atomic mass is 10.1. The molecule has 0 aromatic rings. The molecule has 0 aliphatic carbocycles. The normalized spacial score (nSPS) is 16.8. The Morgan fingerprint density at radius 3 is 3.15 bits per heavy atom. The van der Waals surface area contributed by atoms with Gasteiger partial charge in [-0.1, -0.05) is 6.08 Å². The Bertz CT molecular complexity index is 265. The summed E-state index contributed by atoms with van der Waals surface area (Å²) in [5.74, 6) is -1.24. The Morgan fingerprint density at radius 1 is 1.92 bits per heavy atom. The lowest BCUT2D eigenvalue weighted by Crippen LogP contribution is -2.24. The third kappa shape index (κ3) is 2.22. The molecule has 0 saturated heterocycles. The zero-order valence-electron chi connectivity index (χ0n) is 7.54. The maximum atomic E-state index is 11.2. The van der Waals surface area contributed by atoms with Crippen LogP contribution in [0, 0.1) is 17.2 Å². The standard InChI is InChI=1S/C9H12N2O2/c1-2-13-9(12)7(6-10)8-4-3-5-11-8/h4,7,11H,2-3,5H2,1H3. The van der Waals surface area contributed by atoms with Gasteiger partial charge in [0.05, 0.1) is 12.7 Å². The Kier molecular flexibility index (Phi) is 3.32. The maximum absolute atomic E-state index is 11.2. The fourth-order valence-corrected chi connectivity index (χ4v) is 1.21. The van der Waals surface area contributed by atoms with Crippen molar-refractivity contribution in [3.63, 3.8) is 0 Å². The number of hydrogen-bond donors (Lipinski definition) is 1. The molecule has 4 nitrogen and oxygen atoms in total. The van der Waals surface area contributed by atoms with Crippen molar-refractivity contribution in [2.24, 2.45) is 5.92 Å². The molecule has 4 heteroatoms. The van der Waals surface area contributed by atoms with E-state index in [2.05, 4.69) is 5.32 Å². The summed E-state index contributed by atoms with van der Waals surface area (Å²) in [5, 5.41) is 11.7. The zero-order valence-corrected chi connectivity index (χ0v) is 7.54. The number of nitrogens with zero attached hydrogens (tertiary/aromatic N) is 1. The molecule has 0 bridgehead atoms. The van der Waals surface area contributed by atoms with E-state index >= 15 is 0 Å². The van der Waals surface area contributed by atoms with E-state index in [1.54, 1.807) is 6.92 Å². The zero-order chi connectivity index (χ0) is 9.68. The second-order valence-electron chi connectivity index (χ2n) is 2.69. The molecule has 70 valence electrons. The number of nitrogens with one attached hydrogen (secondary N) is 1. The van der Waals surface area contributed by atoms with Crippen LogP contribution in [0.5, 0.6) is 0 Å². The summed E-state index contributed by atoms with van der Waals surface area (Å²) < 4.78 is 4.77. The molecule has 1 unspecified atom stereocenters. The van der Waals surface area contributed by atoms with Crippen molar-refractivity contribution in [1.29, 1.82) is 5.26 Å². The first kappa shape index (κ1) is 9.59. The van der Waals surface area contributed by atoms with E-state index < -0.39 is 11.9 Å². The molecule has 0 aromatic carbocycles. The molecule has 0 radical (unpaired) electrons. The van der Waals surface area contributed by atoms with E-state index in [0.717, 1.165) is 13.0 Å². The smallest absolute Gasteiger partial charge is 0.329 e. The summed E-state index contributed by atoms with van der Waals surface area (Å²) >= 11 is 0. The minimum Gasteiger partial charge on any atom is -0.465 e. The molecule has 0 fully saturated rings. The number of ether oxygens (including phenoxy) is 1. The number of rotatable bonds is 3. The first-order valence-corrected chi connectivity index (χ1v) is 4.29. The van der Waals surface area contributed by atoms with Crippen LogP contribution in [0.2, 0.25) is 0 Å². The van der Waals surface area contributed by atoms with Crippen LogP contribution in [0.3, 0.4) is 0 Å². The SMILES string of the molecule is CCOC(=O)C(C#N)C1=CCCN1. The number of esters is 1. The molecule has 1 N–H and O–H groups in total. The molecule has 0 aromatic heterocycles. The van der Waals surface area contributed by atoms with Gasteiger partial charge in [0, 0.05) is 12.2 Å². The molecule has 13 heavy (non-hydrogen) atoms. The van der Waals surface area contributed by atoms with Crippen molar-refractivity contribution in [2.75, 3.05) is 13.2 Å². The van der Waals surface area contributed by atoms with Gasteiger partial charge in [-0.2, -0.15) is 5.26 Å². The van der Waals surface area contributed by atoms with Crippen molar-refractivity contribution >= 4 is 5.97 Å². The Morgan fingerprint density at radius 2 is 2.69 bits per heavy atom. The third-order valence-electron chi connectivity index (χ3n) is 1.80. The first-order valence-electron chi connectivity index (χ1n) is 4.29. The average Bonchev–Trinajstić information content (AvgIpc) is 2.59. The van der Waals surface area contributed by atoms with Crippen LogP contribution in [0.1, 0.15) is 13.3 Å². The maximum Gasteiger partial charge on any atom is 0.329 e. The second kappa shape index (κ2) is 4.51. The van der Waals surface area contributed by atoms with E-state index in [1.807, 2.05) is 12.1 Å². The molecule has 0 amide bonds. The predicted octanol–water partition coefficient (Wildman–Crippen LogP) is 0.566. The molecule has 1 rings (SSSR count). The molecule has 1 atom stereocenters. The minimum absolute atomic E-state index is 0.310. The molecule has 1 heterocycles. The van der Waals surface area contributed by atoms with Crippen LogP contribution in [-0.2, 0) is 9.53 Å². The molecular weight excluding hydrogens is 168 g/mol. The number of carbonyl (C=O) groups excluding carboxylic acids is 1. The van der Waals surface area contributed by atoms with Crippen molar-refractivity contribution in [3.05, 3.63) is 11.8 Å². The fraction of sp³-hybridized carbons (Fsp3) is 0.556. The van der Waals surface area contributed by atoms with Gasteiger partial charge >= 0.3 is 5.97 Å². The van der Waals surface area contributed by atoms with Gasteiger partial charge in [-0.25, -0.2) is 0 Å². The highest BCUT2D eigenvalue weighted by Crippen LogP contribution is 2.14. The Labute approximate surface area is 77.2 Å². The van der Waals surface area contributed by atoms with Gasteiger partial charge in [0.15, 0.2) is 5.92 Å². The van der Waals surface area contributed by atoms with Crippen LogP contribution in [0.25, 0.3) is 0 Å². The summed E-state index contributed by atoms with van der Waals surface area (Å²) in [6.45, 7) is 2.83. The van der Waals surface area contributed by atoms with Crippen LogP contribution >= 0.6 is 0 Å². The highest BCUT2D eigenvalue weighted by Gasteiger charge is 2.25. The van der Waals surface area contributed by atoms with E-state index in [1.165, 1.54) is 0 Å². The van der Waals surface area contributed by atoms with E-state index in [4.69, 9.17) is 10.00 Å². The topological polar surface area (TPSA) is 62.1 Å². The second-order valence-corrected chi connectivity index (χ2v) is 2.69. The monoisotopic (exact) mass is 180 g/mol. The van der Waals surface area contributed by atoms with Crippen molar-refractivity contribution in [3.8, 4) is 6.07 Å². The largest absolute Gasteiger partial charge is 0.465 e. The number of hydrogen-bond acceptors (Lipinski definition) is 4. The fourth-order valence-electron chi connectivity index (χ4n) is 1.21. The highest BCUT2D eigenvalue weighted by molar-refractivity contribution is 5.78. The Balaban J connectivity index is 2.62. The van der Waals surface area contributed by atoms with Gasteiger partial charge in [0.2, 0.25) is 0 Å². The van der Waals surface area contributed by atoms with Crippen LogP contribution in [0.15, 0.2) is 11.8 Å². The summed E-state index contributed by atoms with van der Waals surface area (Å²) in [5.41, 5.74) is 0.681. The van der Waals surface area contributed by atoms with Crippen molar-refractivity contribution in [1.82, 2.24) is 5.32 Å². The molecule has 0 spiro atoms. The van der Waals surface area contributed by atoms with Gasteiger partial charge in [0.25, 0.3) is 0 Å². The minimum atomic E-state index is -0.776. The summed E-state index contributed by atoms with van der Waals surface area (Å²) in [7, 11) is 0. The van der Waals surface area contributed by atoms with Crippen LogP contribution in [0.4, 0.5) is 0 Å². The van der Waals surface area contributed by atoms with Crippen LogP contribution < -0.4 is 5.32 Å². The van der Waals surface area contributed by atoms with E-state index in [-0.39, 0.29) is 0 Å². The lowest BCUT2D eigenvalue weighted by Gasteiger charge is -2.09. The number of nitriles is 1. The van der Waals surface area contributed by atoms with E-state index in [9.17, 15) is 4.79 Å². The quantitative estimate of drug-likeness (QED) is 0.645. The summed E-state index contributed by atoms with van der Waals surface area (Å²) in [6.07, 6.45) is 2.73. The summed E-state index contributed by atoms with van der Waals surface area (Å²) in [4.78, 5) is 11.2. The van der Waals surface area contributed by atoms with Gasteiger partial charge < -0.3 is 10.1 Å². The molecule has 1 aliphatic rings. The molecule has 1 aliphatic heterocycles. The van der Waals surface area contributed by atoms with Gasteiger partial charge in [-0.3, -0.25) is 4.79 Å². The van der Waals surface area contributed by atoms with Gasteiger partial charge in [-0.15, -0.1) is 0 Å². The average molecular weight is 180 g/mol.